The Morgan fingerprint density at radius 3 is 2.56 bits per heavy atom. The minimum atomic E-state index is -4.12. The van der Waals surface area contributed by atoms with E-state index in [-0.39, 0.29) is 10.6 Å². The molecular formula is C9H13N3O5S. The molecule has 0 saturated carbocycles. The summed E-state index contributed by atoms with van der Waals surface area (Å²) < 4.78 is 22.7. The second-order valence-corrected chi connectivity index (χ2v) is 5.18. The Bertz CT molecular complexity index is 557. The lowest BCUT2D eigenvalue weighted by Gasteiger charge is -2.16. The Morgan fingerprint density at radius 2 is 2.11 bits per heavy atom. The van der Waals surface area contributed by atoms with E-state index in [1.165, 1.54) is 12.1 Å². The van der Waals surface area contributed by atoms with Gasteiger partial charge in [0.05, 0.1) is 9.82 Å². The van der Waals surface area contributed by atoms with Crippen molar-refractivity contribution in [2.45, 2.75) is 11.8 Å². The largest absolute Gasteiger partial charge is 0.369 e. The molecule has 0 saturated heterocycles. The van der Waals surface area contributed by atoms with Crippen LogP contribution in [0.15, 0.2) is 23.1 Å². The first-order valence-electron chi connectivity index (χ1n) is 4.99. The van der Waals surface area contributed by atoms with Crippen molar-refractivity contribution in [3.8, 4) is 0 Å². The van der Waals surface area contributed by atoms with Gasteiger partial charge in [-0.15, -0.1) is 0 Å². The van der Waals surface area contributed by atoms with Gasteiger partial charge in [0.1, 0.15) is 5.69 Å². The fraction of sp³-hybridized carbons (Fsp3) is 0.333. The Balaban J connectivity index is 3.42. The van der Waals surface area contributed by atoms with Crippen LogP contribution in [0.2, 0.25) is 0 Å². The first-order valence-corrected chi connectivity index (χ1v) is 6.47. The number of benzene rings is 1. The van der Waals surface area contributed by atoms with Crippen molar-refractivity contribution < 1.29 is 18.5 Å². The Labute approximate surface area is 104 Å². The normalized spacial score (nSPS) is 11.3. The van der Waals surface area contributed by atoms with Gasteiger partial charge in [-0.1, -0.05) is 4.89 Å². The van der Waals surface area contributed by atoms with Crippen LogP contribution in [0.5, 0.6) is 0 Å². The molecule has 9 heteroatoms. The summed E-state index contributed by atoms with van der Waals surface area (Å²) >= 11 is 0. The molecule has 0 unspecified atom stereocenters. The smallest absolute Gasteiger partial charge is 0.293 e. The second kappa shape index (κ2) is 5.29. The Hall–Kier alpha value is -1.71. The first-order chi connectivity index (χ1) is 8.33. The molecule has 0 aliphatic carbocycles. The van der Waals surface area contributed by atoms with E-state index in [2.05, 4.69) is 0 Å². The van der Waals surface area contributed by atoms with Crippen LogP contribution < -0.4 is 9.79 Å². The van der Waals surface area contributed by atoms with Gasteiger partial charge in [-0.3, -0.25) is 10.1 Å². The maximum absolute atomic E-state index is 11.3. The van der Waals surface area contributed by atoms with Crippen molar-refractivity contribution in [3.63, 3.8) is 0 Å². The predicted octanol–water partition coefficient (Wildman–Crippen LogP) is 0.718. The zero-order valence-corrected chi connectivity index (χ0v) is 10.6. The monoisotopic (exact) mass is 275 g/mol. The fourth-order valence-electron chi connectivity index (χ4n) is 1.36. The molecule has 1 aromatic carbocycles. The number of hydrogen-bond acceptors (Lipinski definition) is 6. The van der Waals surface area contributed by atoms with Crippen LogP contribution in [0.1, 0.15) is 6.92 Å². The van der Waals surface area contributed by atoms with Gasteiger partial charge in [0, 0.05) is 19.7 Å². The molecule has 1 rings (SSSR count). The highest BCUT2D eigenvalue weighted by atomic mass is 32.2. The van der Waals surface area contributed by atoms with E-state index in [4.69, 9.17) is 5.21 Å². The molecule has 0 radical (unpaired) electrons. The van der Waals surface area contributed by atoms with E-state index in [0.29, 0.717) is 12.2 Å². The Kier molecular flexibility index (Phi) is 4.22. The Morgan fingerprint density at radius 1 is 1.50 bits per heavy atom. The average molecular weight is 275 g/mol. The molecule has 0 amide bonds. The third kappa shape index (κ3) is 2.75. The van der Waals surface area contributed by atoms with E-state index < -0.39 is 14.9 Å². The lowest BCUT2D eigenvalue weighted by atomic mass is 10.2. The minimum absolute atomic E-state index is 0.305. The third-order valence-corrected chi connectivity index (χ3v) is 3.57. The van der Waals surface area contributed by atoms with Crippen molar-refractivity contribution in [1.82, 2.24) is 4.89 Å². The van der Waals surface area contributed by atoms with Gasteiger partial charge in [0.25, 0.3) is 15.7 Å². The highest BCUT2D eigenvalue weighted by molar-refractivity contribution is 7.89. The molecule has 0 bridgehead atoms. The second-order valence-electron chi connectivity index (χ2n) is 3.52. The van der Waals surface area contributed by atoms with Gasteiger partial charge < -0.3 is 10.1 Å². The molecule has 1 aromatic rings. The molecule has 0 aliphatic rings. The van der Waals surface area contributed by atoms with Gasteiger partial charge in [-0.25, -0.2) is 8.42 Å². The van der Waals surface area contributed by atoms with E-state index >= 15 is 0 Å². The summed E-state index contributed by atoms with van der Waals surface area (Å²) in [5.41, 5.74) is -0.0323. The number of hydrogen-bond donors (Lipinski definition) is 2. The molecular weight excluding hydrogens is 262 g/mol. The molecule has 2 N–H and O–H groups in total. The van der Waals surface area contributed by atoms with Crippen LogP contribution in [-0.4, -0.2) is 32.1 Å². The molecule has 100 valence electrons. The van der Waals surface area contributed by atoms with Crippen molar-refractivity contribution in [3.05, 3.63) is 28.3 Å². The number of anilines is 1. The number of nitrogens with zero attached hydrogens (tertiary/aromatic N) is 2. The quantitative estimate of drug-likeness (QED) is 0.604. The van der Waals surface area contributed by atoms with E-state index in [0.717, 1.165) is 11.0 Å². The number of nitro benzene ring substituents is 1. The van der Waals surface area contributed by atoms with Crippen LogP contribution in [0, 0.1) is 10.1 Å². The minimum Gasteiger partial charge on any atom is -0.369 e. The summed E-state index contributed by atoms with van der Waals surface area (Å²) in [5.74, 6) is 0. The molecule has 18 heavy (non-hydrogen) atoms. The first kappa shape index (κ1) is 14.4. The predicted molar refractivity (Wildman–Crippen MR) is 64.1 cm³/mol. The average Bonchev–Trinajstić information content (AvgIpc) is 2.36. The highest BCUT2D eigenvalue weighted by Gasteiger charge is 2.22. The van der Waals surface area contributed by atoms with Gasteiger partial charge in [-0.2, -0.15) is 0 Å². The summed E-state index contributed by atoms with van der Waals surface area (Å²) in [6, 6.07) is 3.42. The highest BCUT2D eigenvalue weighted by Crippen LogP contribution is 2.29. The zero-order chi connectivity index (χ0) is 13.9. The van der Waals surface area contributed by atoms with Crippen LogP contribution in [0.25, 0.3) is 0 Å². The van der Waals surface area contributed by atoms with Crippen LogP contribution in [0.4, 0.5) is 11.4 Å². The van der Waals surface area contributed by atoms with E-state index in [9.17, 15) is 18.5 Å². The van der Waals surface area contributed by atoms with Gasteiger partial charge in [0.15, 0.2) is 0 Å². The van der Waals surface area contributed by atoms with Crippen molar-refractivity contribution in [2.24, 2.45) is 0 Å². The van der Waals surface area contributed by atoms with Gasteiger partial charge >= 0.3 is 0 Å². The van der Waals surface area contributed by atoms with Gasteiger partial charge in [-0.05, 0) is 19.1 Å². The van der Waals surface area contributed by atoms with E-state index in [1.807, 2.05) is 6.92 Å². The van der Waals surface area contributed by atoms with E-state index in [1.54, 1.807) is 11.9 Å². The zero-order valence-electron chi connectivity index (χ0n) is 9.82. The van der Waals surface area contributed by atoms with Crippen molar-refractivity contribution >= 4 is 21.4 Å². The molecule has 0 aromatic heterocycles. The van der Waals surface area contributed by atoms with Crippen LogP contribution >= 0.6 is 0 Å². The fourth-order valence-corrected chi connectivity index (χ4v) is 1.98. The number of rotatable bonds is 5. The summed E-state index contributed by atoms with van der Waals surface area (Å²) in [6.07, 6.45) is 0. The number of nitrogens with one attached hydrogen (secondary N) is 1. The standard InChI is InChI=1S/C9H13N3O5S/c1-3-11(2)8-5-4-7(18(16,17)10-13)6-9(8)12(14)15/h4-6,10,13H,3H2,1-2H3. The summed E-state index contributed by atoms with van der Waals surface area (Å²) in [7, 11) is -2.47. The third-order valence-electron chi connectivity index (χ3n) is 2.46. The van der Waals surface area contributed by atoms with Crippen LogP contribution in [0.3, 0.4) is 0 Å². The van der Waals surface area contributed by atoms with Crippen LogP contribution in [-0.2, 0) is 10.0 Å². The molecule has 0 spiro atoms. The molecule has 0 atom stereocenters. The van der Waals surface area contributed by atoms with Crippen molar-refractivity contribution in [1.29, 1.82) is 0 Å². The summed E-state index contributed by atoms with van der Waals surface area (Å²) in [6.45, 7) is 2.34. The van der Waals surface area contributed by atoms with Crippen molar-refractivity contribution in [2.75, 3.05) is 18.5 Å². The SMILES string of the molecule is CCN(C)c1ccc(S(=O)(=O)NO)cc1[N+](=O)[O-]. The maximum atomic E-state index is 11.3. The summed E-state index contributed by atoms with van der Waals surface area (Å²) in [5, 5.41) is 19.4. The lowest BCUT2D eigenvalue weighted by molar-refractivity contribution is -0.384. The number of nitro groups is 1. The van der Waals surface area contributed by atoms with Gasteiger partial charge in [0.2, 0.25) is 0 Å². The molecule has 0 fully saturated rings. The lowest BCUT2D eigenvalue weighted by Crippen LogP contribution is -2.21. The molecule has 0 heterocycles. The summed E-state index contributed by atoms with van der Waals surface area (Å²) in [4.78, 5) is 12.6. The number of sulfonamides is 1. The molecule has 0 aliphatic heterocycles. The topological polar surface area (TPSA) is 113 Å². The maximum Gasteiger partial charge on any atom is 0.293 e. The molecule has 8 nitrogen and oxygen atoms in total.